The number of aryl methyl sites for hydroxylation is 2. The Bertz CT molecular complexity index is 627. The molecule has 2 aromatic rings. The van der Waals surface area contributed by atoms with Gasteiger partial charge in [0, 0.05) is 0 Å². The zero-order valence-electron chi connectivity index (χ0n) is 13.3. The molecule has 116 valence electrons. The Labute approximate surface area is 132 Å². The second kappa shape index (κ2) is 6.04. The Morgan fingerprint density at radius 2 is 1.23 bits per heavy atom. The maximum Gasteiger partial charge on any atom is 0.116 e. The first-order valence-electron chi connectivity index (χ1n) is 8.13. The van der Waals surface area contributed by atoms with Crippen molar-refractivity contribution in [3.05, 3.63) is 58.7 Å². The van der Waals surface area contributed by atoms with Crippen LogP contribution in [-0.2, 0) is 0 Å². The highest BCUT2D eigenvalue weighted by atomic mass is 16.3. The molecule has 0 saturated heterocycles. The first-order valence-corrected chi connectivity index (χ1v) is 8.13. The fourth-order valence-electron chi connectivity index (χ4n) is 4.06. The predicted octanol–water partition coefficient (Wildman–Crippen LogP) is 5.16. The number of hydrogen-bond acceptors (Lipinski definition) is 2. The van der Waals surface area contributed by atoms with Crippen molar-refractivity contribution in [2.45, 2.75) is 51.4 Å². The maximum absolute atomic E-state index is 9.71. The van der Waals surface area contributed by atoms with Gasteiger partial charge in [0.15, 0.2) is 0 Å². The highest BCUT2D eigenvalue weighted by Gasteiger charge is 2.25. The SMILES string of the molecule is Cc1cc(O)cc(C)c1C1CCC(c2ccc(O)cc2)CC1. The smallest absolute Gasteiger partial charge is 0.116 e. The number of benzene rings is 2. The number of phenols is 2. The predicted molar refractivity (Wildman–Crippen MR) is 89.6 cm³/mol. The molecule has 0 spiro atoms. The minimum absolute atomic E-state index is 0.341. The third-order valence-corrected chi connectivity index (χ3v) is 5.08. The Hall–Kier alpha value is -1.96. The van der Waals surface area contributed by atoms with Crippen molar-refractivity contribution in [2.24, 2.45) is 0 Å². The summed E-state index contributed by atoms with van der Waals surface area (Å²) in [6.07, 6.45) is 4.76. The number of rotatable bonds is 2. The molecular formula is C20H24O2. The van der Waals surface area contributed by atoms with Crippen LogP contribution in [0, 0.1) is 13.8 Å². The third kappa shape index (κ3) is 2.96. The van der Waals surface area contributed by atoms with E-state index in [1.54, 1.807) is 12.1 Å². The second-order valence-corrected chi connectivity index (χ2v) is 6.63. The fraction of sp³-hybridized carbons (Fsp3) is 0.400. The van der Waals surface area contributed by atoms with Gasteiger partial charge >= 0.3 is 0 Å². The minimum Gasteiger partial charge on any atom is -0.508 e. The average molecular weight is 296 g/mol. The van der Waals surface area contributed by atoms with Crippen LogP contribution >= 0.6 is 0 Å². The lowest BCUT2D eigenvalue weighted by Crippen LogP contribution is -2.14. The van der Waals surface area contributed by atoms with Crippen LogP contribution in [0.5, 0.6) is 11.5 Å². The van der Waals surface area contributed by atoms with Gasteiger partial charge < -0.3 is 10.2 Å². The van der Waals surface area contributed by atoms with Crippen LogP contribution in [0.1, 0.15) is 59.8 Å². The monoisotopic (exact) mass is 296 g/mol. The van der Waals surface area contributed by atoms with E-state index in [1.807, 2.05) is 12.1 Å². The molecule has 1 saturated carbocycles. The van der Waals surface area contributed by atoms with E-state index in [9.17, 15) is 10.2 Å². The molecule has 0 heterocycles. The molecule has 2 nitrogen and oxygen atoms in total. The lowest BCUT2D eigenvalue weighted by molar-refractivity contribution is 0.393. The molecule has 0 unspecified atom stereocenters. The largest absolute Gasteiger partial charge is 0.508 e. The van der Waals surface area contributed by atoms with Crippen molar-refractivity contribution in [1.82, 2.24) is 0 Å². The van der Waals surface area contributed by atoms with Gasteiger partial charge in [-0.05, 0) is 97.9 Å². The molecule has 1 fully saturated rings. The van der Waals surface area contributed by atoms with Crippen LogP contribution in [0.2, 0.25) is 0 Å². The van der Waals surface area contributed by atoms with Gasteiger partial charge in [-0.25, -0.2) is 0 Å². The highest BCUT2D eigenvalue weighted by Crippen LogP contribution is 2.43. The van der Waals surface area contributed by atoms with Crippen LogP contribution in [-0.4, -0.2) is 10.2 Å². The molecule has 0 bridgehead atoms. The highest BCUT2D eigenvalue weighted by molar-refractivity contribution is 5.43. The topological polar surface area (TPSA) is 40.5 Å². The first kappa shape index (κ1) is 15.0. The Kier molecular flexibility index (Phi) is 4.10. The summed E-state index contributed by atoms with van der Waals surface area (Å²) in [7, 11) is 0. The van der Waals surface area contributed by atoms with E-state index in [0.717, 1.165) is 0 Å². The lowest BCUT2D eigenvalue weighted by atomic mass is 9.74. The molecule has 1 aliphatic carbocycles. The fourth-order valence-corrected chi connectivity index (χ4v) is 4.06. The average Bonchev–Trinajstić information content (AvgIpc) is 2.48. The normalized spacial score (nSPS) is 21.7. The quantitative estimate of drug-likeness (QED) is 0.804. The molecule has 3 rings (SSSR count). The van der Waals surface area contributed by atoms with E-state index in [0.29, 0.717) is 23.3 Å². The zero-order chi connectivity index (χ0) is 15.7. The molecule has 0 atom stereocenters. The molecule has 2 heteroatoms. The van der Waals surface area contributed by atoms with E-state index in [-0.39, 0.29) is 0 Å². The van der Waals surface area contributed by atoms with Crippen LogP contribution in [0.3, 0.4) is 0 Å². The summed E-state index contributed by atoms with van der Waals surface area (Å²) in [5.41, 5.74) is 5.20. The van der Waals surface area contributed by atoms with Crippen molar-refractivity contribution in [3.63, 3.8) is 0 Å². The Balaban J connectivity index is 1.73. The molecule has 0 amide bonds. The van der Waals surface area contributed by atoms with Crippen molar-refractivity contribution in [3.8, 4) is 11.5 Å². The van der Waals surface area contributed by atoms with Gasteiger partial charge in [-0.2, -0.15) is 0 Å². The molecule has 1 aliphatic rings. The van der Waals surface area contributed by atoms with Crippen LogP contribution < -0.4 is 0 Å². The molecular weight excluding hydrogens is 272 g/mol. The first-order chi connectivity index (χ1) is 10.5. The summed E-state index contributed by atoms with van der Waals surface area (Å²) in [6, 6.07) is 11.4. The van der Waals surface area contributed by atoms with Crippen molar-refractivity contribution >= 4 is 0 Å². The van der Waals surface area contributed by atoms with Crippen LogP contribution in [0.4, 0.5) is 0 Å². The van der Waals surface area contributed by atoms with Gasteiger partial charge in [-0.15, -0.1) is 0 Å². The number of aromatic hydroxyl groups is 2. The maximum atomic E-state index is 9.71. The van der Waals surface area contributed by atoms with Crippen LogP contribution in [0.25, 0.3) is 0 Å². The van der Waals surface area contributed by atoms with Crippen LogP contribution in [0.15, 0.2) is 36.4 Å². The van der Waals surface area contributed by atoms with Gasteiger partial charge in [0.05, 0.1) is 0 Å². The Morgan fingerprint density at radius 1 is 0.727 bits per heavy atom. The summed E-state index contributed by atoms with van der Waals surface area (Å²) in [5.74, 6) is 1.92. The summed E-state index contributed by atoms with van der Waals surface area (Å²) < 4.78 is 0. The molecule has 2 N–H and O–H groups in total. The molecule has 0 aromatic heterocycles. The molecule has 0 aliphatic heterocycles. The van der Waals surface area contributed by atoms with E-state index >= 15 is 0 Å². The van der Waals surface area contributed by atoms with Gasteiger partial charge in [-0.1, -0.05) is 12.1 Å². The lowest BCUT2D eigenvalue weighted by Gasteiger charge is -2.31. The zero-order valence-corrected chi connectivity index (χ0v) is 13.3. The Morgan fingerprint density at radius 3 is 1.77 bits per heavy atom. The summed E-state index contributed by atoms with van der Waals surface area (Å²) in [6.45, 7) is 4.21. The minimum atomic E-state index is 0.341. The van der Waals surface area contributed by atoms with E-state index in [4.69, 9.17) is 0 Å². The molecule has 22 heavy (non-hydrogen) atoms. The molecule has 2 aromatic carbocycles. The van der Waals surface area contributed by atoms with Crippen molar-refractivity contribution in [2.75, 3.05) is 0 Å². The number of phenolic OH excluding ortho intramolecular Hbond substituents is 2. The van der Waals surface area contributed by atoms with Crippen molar-refractivity contribution in [1.29, 1.82) is 0 Å². The van der Waals surface area contributed by atoms with Gasteiger partial charge in [0.2, 0.25) is 0 Å². The molecule has 0 radical (unpaired) electrons. The van der Waals surface area contributed by atoms with E-state index in [1.165, 1.54) is 47.9 Å². The second-order valence-electron chi connectivity index (χ2n) is 6.63. The third-order valence-electron chi connectivity index (χ3n) is 5.08. The standard InChI is InChI=1S/C20H24O2/c1-13-11-19(22)12-14(2)20(13)17-5-3-15(4-6-17)16-7-9-18(21)10-8-16/h7-12,15,17,21-22H,3-6H2,1-2H3. The van der Waals surface area contributed by atoms with Gasteiger partial charge in [0.25, 0.3) is 0 Å². The van der Waals surface area contributed by atoms with Gasteiger partial charge in [0.1, 0.15) is 11.5 Å². The van der Waals surface area contributed by atoms with Gasteiger partial charge in [-0.3, -0.25) is 0 Å². The number of hydrogen-bond donors (Lipinski definition) is 2. The van der Waals surface area contributed by atoms with E-state index in [2.05, 4.69) is 26.0 Å². The summed E-state index contributed by atoms with van der Waals surface area (Å²) in [5, 5.41) is 19.1. The van der Waals surface area contributed by atoms with Crippen molar-refractivity contribution < 1.29 is 10.2 Å². The summed E-state index contributed by atoms with van der Waals surface area (Å²) >= 11 is 0. The summed E-state index contributed by atoms with van der Waals surface area (Å²) in [4.78, 5) is 0. The van der Waals surface area contributed by atoms with E-state index < -0.39 is 0 Å².